The standard InChI is InChI=1S/C17H29NO/c1-13(16-9-6-12-19-16)18-15-8-5-7-14(10-11-15)17(2,3)4/h6,9,12-15,18H,5,7-8,10-11H2,1-4H3. The van der Waals surface area contributed by atoms with E-state index in [-0.39, 0.29) is 0 Å². The highest BCUT2D eigenvalue weighted by Crippen LogP contribution is 2.37. The van der Waals surface area contributed by atoms with Crippen molar-refractivity contribution < 1.29 is 4.42 Å². The predicted molar refractivity (Wildman–Crippen MR) is 80.1 cm³/mol. The topological polar surface area (TPSA) is 25.2 Å². The Morgan fingerprint density at radius 1 is 1.21 bits per heavy atom. The molecule has 0 bridgehead atoms. The summed E-state index contributed by atoms with van der Waals surface area (Å²) < 4.78 is 5.48. The zero-order valence-electron chi connectivity index (χ0n) is 12.9. The first-order valence-corrected chi connectivity index (χ1v) is 7.76. The van der Waals surface area contributed by atoms with Crippen LogP contribution in [0.1, 0.15) is 71.6 Å². The van der Waals surface area contributed by atoms with Crippen LogP contribution in [0.5, 0.6) is 0 Å². The Bertz CT molecular complexity index is 363. The molecule has 1 heterocycles. The molecule has 1 saturated carbocycles. The summed E-state index contributed by atoms with van der Waals surface area (Å²) in [7, 11) is 0. The molecule has 108 valence electrons. The molecule has 1 aliphatic rings. The van der Waals surface area contributed by atoms with Gasteiger partial charge in [0, 0.05) is 6.04 Å². The lowest BCUT2D eigenvalue weighted by atomic mass is 9.76. The van der Waals surface area contributed by atoms with Gasteiger partial charge in [-0.3, -0.25) is 0 Å². The summed E-state index contributed by atoms with van der Waals surface area (Å²) in [5.74, 6) is 1.93. The van der Waals surface area contributed by atoms with E-state index >= 15 is 0 Å². The van der Waals surface area contributed by atoms with Gasteiger partial charge in [-0.2, -0.15) is 0 Å². The second-order valence-corrected chi connectivity index (χ2v) is 7.17. The molecule has 0 saturated heterocycles. The molecule has 1 aliphatic carbocycles. The second-order valence-electron chi connectivity index (χ2n) is 7.17. The van der Waals surface area contributed by atoms with Crippen molar-refractivity contribution in [3.05, 3.63) is 24.2 Å². The molecule has 2 nitrogen and oxygen atoms in total. The van der Waals surface area contributed by atoms with E-state index in [4.69, 9.17) is 4.42 Å². The lowest BCUT2D eigenvalue weighted by Gasteiger charge is -2.30. The van der Waals surface area contributed by atoms with Crippen LogP contribution in [0.15, 0.2) is 22.8 Å². The van der Waals surface area contributed by atoms with Crippen LogP contribution in [-0.4, -0.2) is 6.04 Å². The highest BCUT2D eigenvalue weighted by molar-refractivity contribution is 5.03. The summed E-state index contributed by atoms with van der Waals surface area (Å²) in [4.78, 5) is 0. The Morgan fingerprint density at radius 3 is 2.63 bits per heavy atom. The Kier molecular flexibility index (Phi) is 4.72. The fourth-order valence-electron chi connectivity index (χ4n) is 3.31. The largest absolute Gasteiger partial charge is 0.468 e. The molecule has 3 atom stereocenters. The van der Waals surface area contributed by atoms with Crippen LogP contribution >= 0.6 is 0 Å². The zero-order chi connectivity index (χ0) is 13.9. The molecular formula is C17H29NO. The fraction of sp³-hybridized carbons (Fsp3) is 0.765. The monoisotopic (exact) mass is 263 g/mol. The van der Waals surface area contributed by atoms with Crippen molar-refractivity contribution in [2.24, 2.45) is 11.3 Å². The molecule has 0 amide bonds. The van der Waals surface area contributed by atoms with Gasteiger partial charge in [-0.05, 0) is 56.1 Å². The van der Waals surface area contributed by atoms with Gasteiger partial charge in [0.25, 0.3) is 0 Å². The van der Waals surface area contributed by atoms with Gasteiger partial charge < -0.3 is 9.73 Å². The Balaban J connectivity index is 1.86. The quantitative estimate of drug-likeness (QED) is 0.783. The minimum atomic E-state index is 0.325. The van der Waals surface area contributed by atoms with Crippen LogP contribution in [0, 0.1) is 11.3 Å². The first-order valence-electron chi connectivity index (χ1n) is 7.76. The van der Waals surface area contributed by atoms with Crippen molar-refractivity contribution in [1.29, 1.82) is 0 Å². The van der Waals surface area contributed by atoms with Gasteiger partial charge in [0.15, 0.2) is 0 Å². The fourth-order valence-corrected chi connectivity index (χ4v) is 3.31. The van der Waals surface area contributed by atoms with E-state index in [1.54, 1.807) is 6.26 Å². The molecule has 1 fully saturated rings. The third-order valence-corrected chi connectivity index (χ3v) is 4.65. The van der Waals surface area contributed by atoms with Gasteiger partial charge in [0.05, 0.1) is 12.3 Å². The average molecular weight is 263 g/mol. The van der Waals surface area contributed by atoms with Crippen LogP contribution in [0.2, 0.25) is 0 Å². The van der Waals surface area contributed by atoms with Crippen LogP contribution in [0.3, 0.4) is 0 Å². The van der Waals surface area contributed by atoms with Gasteiger partial charge in [-0.15, -0.1) is 0 Å². The number of rotatable bonds is 3. The molecule has 2 rings (SSSR count). The van der Waals surface area contributed by atoms with Gasteiger partial charge in [0.2, 0.25) is 0 Å². The normalized spacial score (nSPS) is 26.9. The van der Waals surface area contributed by atoms with E-state index in [1.165, 1.54) is 32.1 Å². The molecule has 0 radical (unpaired) electrons. The molecular weight excluding hydrogens is 234 g/mol. The smallest absolute Gasteiger partial charge is 0.120 e. The number of hydrogen-bond donors (Lipinski definition) is 1. The van der Waals surface area contributed by atoms with Crippen molar-refractivity contribution in [1.82, 2.24) is 5.32 Å². The lowest BCUT2D eigenvalue weighted by molar-refractivity contribution is 0.213. The van der Waals surface area contributed by atoms with E-state index in [2.05, 4.69) is 39.1 Å². The summed E-state index contributed by atoms with van der Waals surface area (Å²) >= 11 is 0. The van der Waals surface area contributed by atoms with Crippen molar-refractivity contribution in [2.45, 2.75) is 71.9 Å². The van der Waals surface area contributed by atoms with Gasteiger partial charge in [-0.25, -0.2) is 0 Å². The predicted octanol–water partition coefficient (Wildman–Crippen LogP) is 4.93. The Labute approximate surface area is 118 Å². The van der Waals surface area contributed by atoms with E-state index in [0.29, 0.717) is 17.5 Å². The van der Waals surface area contributed by atoms with E-state index in [1.807, 2.05) is 6.07 Å². The minimum absolute atomic E-state index is 0.325. The van der Waals surface area contributed by atoms with Gasteiger partial charge >= 0.3 is 0 Å². The molecule has 0 aromatic carbocycles. The lowest BCUT2D eigenvalue weighted by Crippen LogP contribution is -2.31. The maximum atomic E-state index is 5.48. The third kappa shape index (κ3) is 4.10. The molecule has 1 aromatic heterocycles. The highest BCUT2D eigenvalue weighted by atomic mass is 16.3. The van der Waals surface area contributed by atoms with Crippen molar-refractivity contribution >= 4 is 0 Å². The second kappa shape index (κ2) is 6.13. The van der Waals surface area contributed by atoms with E-state index in [9.17, 15) is 0 Å². The molecule has 0 spiro atoms. The molecule has 2 heteroatoms. The molecule has 1 N–H and O–H groups in total. The first kappa shape index (κ1) is 14.6. The summed E-state index contributed by atoms with van der Waals surface area (Å²) in [5, 5.41) is 3.74. The van der Waals surface area contributed by atoms with Crippen LogP contribution in [0.25, 0.3) is 0 Å². The average Bonchev–Trinajstić information content (AvgIpc) is 2.75. The van der Waals surface area contributed by atoms with Crippen LogP contribution in [-0.2, 0) is 0 Å². The Morgan fingerprint density at radius 2 is 2.00 bits per heavy atom. The summed E-state index contributed by atoms with van der Waals surface area (Å²) in [6.45, 7) is 9.36. The zero-order valence-corrected chi connectivity index (χ0v) is 12.9. The number of nitrogens with one attached hydrogen (secondary N) is 1. The van der Waals surface area contributed by atoms with Gasteiger partial charge in [0.1, 0.15) is 5.76 Å². The summed E-state index contributed by atoms with van der Waals surface area (Å²) in [5.41, 5.74) is 0.460. The summed E-state index contributed by atoms with van der Waals surface area (Å²) in [6, 6.07) is 5.00. The maximum Gasteiger partial charge on any atom is 0.120 e. The van der Waals surface area contributed by atoms with Gasteiger partial charge in [-0.1, -0.05) is 27.2 Å². The molecule has 3 unspecified atom stereocenters. The minimum Gasteiger partial charge on any atom is -0.468 e. The summed E-state index contributed by atoms with van der Waals surface area (Å²) in [6.07, 6.45) is 8.45. The van der Waals surface area contributed by atoms with E-state index in [0.717, 1.165) is 11.7 Å². The van der Waals surface area contributed by atoms with Crippen molar-refractivity contribution in [2.75, 3.05) is 0 Å². The maximum absolute atomic E-state index is 5.48. The molecule has 19 heavy (non-hydrogen) atoms. The highest BCUT2D eigenvalue weighted by Gasteiger charge is 2.28. The van der Waals surface area contributed by atoms with Crippen LogP contribution < -0.4 is 5.32 Å². The van der Waals surface area contributed by atoms with Crippen molar-refractivity contribution in [3.63, 3.8) is 0 Å². The molecule has 1 aromatic rings. The first-order chi connectivity index (χ1) is 8.97. The molecule has 0 aliphatic heterocycles. The van der Waals surface area contributed by atoms with Crippen LogP contribution in [0.4, 0.5) is 0 Å². The third-order valence-electron chi connectivity index (χ3n) is 4.65. The number of furan rings is 1. The van der Waals surface area contributed by atoms with Crippen molar-refractivity contribution in [3.8, 4) is 0 Å². The Hall–Kier alpha value is -0.760. The SMILES string of the molecule is CC(NC1CCCC(C(C)(C)C)CC1)c1ccco1. The van der Waals surface area contributed by atoms with E-state index < -0.39 is 0 Å². The number of hydrogen-bond acceptors (Lipinski definition) is 2.